The topological polar surface area (TPSA) is 141 Å². The third-order valence-corrected chi connectivity index (χ3v) is 9.86. The van der Waals surface area contributed by atoms with Crippen LogP contribution in [0.1, 0.15) is 42.5 Å². The number of carboxylic acid groups (broad SMARTS) is 1. The van der Waals surface area contributed by atoms with Gasteiger partial charge >= 0.3 is 5.97 Å². The van der Waals surface area contributed by atoms with E-state index < -0.39 is 36.0 Å². The molecular formula is C36H35F2N7O6. The summed E-state index contributed by atoms with van der Waals surface area (Å²) in [6, 6.07) is 9.59. The number of ether oxygens (including phenoxy) is 3. The van der Waals surface area contributed by atoms with Gasteiger partial charge in [0, 0.05) is 35.8 Å². The van der Waals surface area contributed by atoms with Gasteiger partial charge in [-0.15, -0.1) is 0 Å². The highest BCUT2D eigenvalue weighted by Gasteiger charge is 2.50. The average molecular weight is 700 g/mol. The molecule has 1 N–H and O–H groups in total. The average Bonchev–Trinajstić information content (AvgIpc) is 3.78. The van der Waals surface area contributed by atoms with Crippen LogP contribution in [0.4, 0.5) is 20.3 Å². The number of carbonyl (C=O) groups is 1. The number of aromatic nitrogens is 5. The maximum Gasteiger partial charge on any atom is 0.326 e. The number of furan rings is 1. The lowest BCUT2D eigenvalue weighted by Crippen LogP contribution is -2.68. The molecule has 4 aromatic heterocycles. The quantitative estimate of drug-likeness (QED) is 0.236. The number of rotatable bonds is 7. The number of hydrogen-bond donors (Lipinski definition) is 1. The molecule has 0 aliphatic carbocycles. The number of halogens is 2. The molecule has 3 aliphatic heterocycles. The van der Waals surface area contributed by atoms with Crippen molar-refractivity contribution in [2.24, 2.45) is 0 Å². The molecule has 1 spiro atoms. The fourth-order valence-electron chi connectivity index (χ4n) is 7.15. The summed E-state index contributed by atoms with van der Waals surface area (Å²) in [4.78, 5) is 29.2. The number of benzene rings is 1. The molecular weight excluding hydrogens is 664 g/mol. The third-order valence-electron chi connectivity index (χ3n) is 9.86. The highest BCUT2D eigenvalue weighted by molar-refractivity contribution is 6.06. The Morgan fingerprint density at radius 2 is 2.00 bits per heavy atom. The second kappa shape index (κ2) is 12.8. The van der Waals surface area contributed by atoms with E-state index in [9.17, 15) is 18.7 Å². The molecule has 8 rings (SSSR count). The van der Waals surface area contributed by atoms with Crippen LogP contribution in [0.5, 0.6) is 5.88 Å². The van der Waals surface area contributed by atoms with Crippen LogP contribution in [0.2, 0.25) is 0 Å². The van der Waals surface area contributed by atoms with Crippen molar-refractivity contribution in [2.45, 2.75) is 64.0 Å². The lowest BCUT2D eigenvalue weighted by molar-refractivity contribution is -0.228. The molecule has 0 saturated carbocycles. The first-order valence-corrected chi connectivity index (χ1v) is 16.7. The highest BCUT2D eigenvalue weighted by Crippen LogP contribution is 2.41. The van der Waals surface area contributed by atoms with Crippen LogP contribution in [0.3, 0.4) is 0 Å². The fourth-order valence-corrected chi connectivity index (χ4v) is 7.15. The summed E-state index contributed by atoms with van der Waals surface area (Å²) in [6.07, 6.45) is -2.02. The van der Waals surface area contributed by atoms with Crippen LogP contribution in [0, 0.1) is 25.7 Å². The van der Waals surface area contributed by atoms with Crippen LogP contribution in [-0.2, 0) is 20.8 Å². The van der Waals surface area contributed by atoms with Gasteiger partial charge in [0.2, 0.25) is 5.88 Å². The van der Waals surface area contributed by atoms with Crippen LogP contribution in [0.25, 0.3) is 22.1 Å². The molecule has 3 saturated heterocycles. The van der Waals surface area contributed by atoms with Gasteiger partial charge in [-0.3, -0.25) is 4.68 Å². The Morgan fingerprint density at radius 1 is 1.18 bits per heavy atom. The fraction of sp³-hybridized carbons (Fsp3) is 0.417. The summed E-state index contributed by atoms with van der Waals surface area (Å²) in [5, 5.41) is 15.3. The number of aryl methyl sites for hydroxylation is 2. The van der Waals surface area contributed by atoms with Crippen molar-refractivity contribution in [1.29, 1.82) is 0 Å². The molecule has 7 heterocycles. The lowest BCUT2D eigenvalue weighted by Gasteiger charge is -2.53. The minimum atomic E-state index is -2.99. The standard InChI is InChI=1S/C36H35F2N7O6/c1-20-13-21(2)45(42-20)10-6-7-23-14-26(43-11-12-49-36(22(43)3)18-48-19-36)34(39-16-23)50-24-15-27(35(46)47)44(17-24)33-30-29(40-32(41-33)31(37)38)25-8-4-5-9-28(25)51-30/h4-5,8-9,13-14,16,22,24,27,31H,10-12,15,17-19H2,1-3H3,(H,46,47)/t22-,24-,27-/m0/s1. The number of carboxylic acids is 1. The van der Waals surface area contributed by atoms with Gasteiger partial charge in [-0.05, 0) is 45.0 Å². The Morgan fingerprint density at radius 3 is 2.73 bits per heavy atom. The highest BCUT2D eigenvalue weighted by atomic mass is 19.3. The molecule has 5 aromatic rings. The summed E-state index contributed by atoms with van der Waals surface area (Å²) in [5.41, 5.74) is 3.55. The van der Waals surface area contributed by atoms with Crippen molar-refractivity contribution in [3.63, 3.8) is 0 Å². The van der Waals surface area contributed by atoms with E-state index in [0.29, 0.717) is 61.0 Å². The Labute approximate surface area is 291 Å². The largest absolute Gasteiger partial charge is 0.480 e. The van der Waals surface area contributed by atoms with Crippen molar-refractivity contribution in [1.82, 2.24) is 24.7 Å². The zero-order chi connectivity index (χ0) is 35.4. The van der Waals surface area contributed by atoms with Crippen molar-refractivity contribution in [3.8, 4) is 17.7 Å². The van der Waals surface area contributed by atoms with Crippen LogP contribution >= 0.6 is 0 Å². The summed E-state index contributed by atoms with van der Waals surface area (Å²) >= 11 is 0. The molecule has 3 fully saturated rings. The molecule has 264 valence electrons. The van der Waals surface area contributed by atoms with E-state index in [4.69, 9.17) is 23.6 Å². The number of para-hydroxylation sites is 1. The summed E-state index contributed by atoms with van der Waals surface area (Å²) in [6.45, 7) is 8.36. The predicted octanol–water partition coefficient (Wildman–Crippen LogP) is 4.68. The third kappa shape index (κ3) is 5.87. The van der Waals surface area contributed by atoms with E-state index in [2.05, 4.69) is 38.7 Å². The Kier molecular flexibility index (Phi) is 8.23. The summed E-state index contributed by atoms with van der Waals surface area (Å²) in [5.74, 6) is 4.78. The van der Waals surface area contributed by atoms with Crippen LogP contribution < -0.4 is 14.5 Å². The second-order valence-electron chi connectivity index (χ2n) is 13.2. The van der Waals surface area contributed by atoms with Gasteiger partial charge in [0.05, 0.1) is 38.1 Å². The number of aliphatic carboxylic acids is 1. The Hall–Kier alpha value is -5.33. The number of pyridine rings is 1. The Bertz CT molecular complexity index is 2210. The molecule has 3 atom stereocenters. The molecule has 51 heavy (non-hydrogen) atoms. The maximum atomic E-state index is 14.1. The number of morpholine rings is 1. The number of fused-ring (bicyclic) bond motifs is 3. The monoisotopic (exact) mass is 699 g/mol. The summed E-state index contributed by atoms with van der Waals surface area (Å²) in [7, 11) is 0. The number of hydrogen-bond acceptors (Lipinski definition) is 11. The predicted molar refractivity (Wildman–Crippen MR) is 181 cm³/mol. The molecule has 0 amide bonds. The second-order valence-corrected chi connectivity index (χ2v) is 13.2. The van der Waals surface area contributed by atoms with Gasteiger partial charge in [0.1, 0.15) is 41.1 Å². The first-order valence-electron chi connectivity index (χ1n) is 16.7. The van der Waals surface area contributed by atoms with Crippen molar-refractivity contribution in [2.75, 3.05) is 42.7 Å². The zero-order valence-corrected chi connectivity index (χ0v) is 28.2. The normalized spacial score (nSPS) is 21.3. The molecule has 0 bridgehead atoms. The SMILES string of the molecule is Cc1cc(C)n(CC#Cc2cnc(O[C@H]3C[C@@H](C(=O)O)N(c4nc(C(F)F)nc5c4oc4ccccc45)C3)c(N3CCOC4(COC4)[C@@H]3C)c2)n1. The lowest BCUT2D eigenvalue weighted by atomic mass is 9.90. The van der Waals surface area contributed by atoms with Crippen LogP contribution in [-0.4, -0.2) is 92.5 Å². The van der Waals surface area contributed by atoms with Gasteiger partial charge in [-0.1, -0.05) is 24.0 Å². The molecule has 1 aromatic carbocycles. The van der Waals surface area contributed by atoms with E-state index >= 15 is 0 Å². The number of alkyl halides is 2. The molecule has 13 nitrogen and oxygen atoms in total. The molecule has 15 heteroatoms. The summed E-state index contributed by atoms with van der Waals surface area (Å²) < 4.78 is 54.3. The van der Waals surface area contributed by atoms with Crippen molar-refractivity contribution in [3.05, 3.63) is 65.4 Å². The van der Waals surface area contributed by atoms with Gasteiger partial charge in [-0.2, -0.15) is 5.10 Å². The minimum Gasteiger partial charge on any atom is -0.480 e. The van der Waals surface area contributed by atoms with E-state index in [1.54, 1.807) is 30.5 Å². The van der Waals surface area contributed by atoms with Gasteiger partial charge in [-0.25, -0.2) is 28.5 Å². The van der Waals surface area contributed by atoms with E-state index in [1.807, 2.05) is 30.7 Å². The van der Waals surface area contributed by atoms with Crippen molar-refractivity contribution < 1.29 is 37.3 Å². The number of nitrogens with zero attached hydrogens (tertiary/aromatic N) is 7. The molecule has 3 aliphatic rings. The Balaban J connectivity index is 1.13. The van der Waals surface area contributed by atoms with E-state index in [1.165, 1.54) is 4.90 Å². The number of anilines is 2. The first kappa shape index (κ1) is 32.9. The minimum absolute atomic E-state index is 0.0184. The molecule has 0 unspecified atom stereocenters. The van der Waals surface area contributed by atoms with Crippen molar-refractivity contribution >= 4 is 39.5 Å². The van der Waals surface area contributed by atoms with Gasteiger partial charge in [0.15, 0.2) is 17.2 Å². The van der Waals surface area contributed by atoms with Gasteiger partial charge < -0.3 is 33.5 Å². The maximum absolute atomic E-state index is 14.1. The molecule has 0 radical (unpaired) electrons. The first-order chi connectivity index (χ1) is 24.6. The van der Waals surface area contributed by atoms with Gasteiger partial charge in [0.25, 0.3) is 6.43 Å². The smallest absolute Gasteiger partial charge is 0.326 e. The van der Waals surface area contributed by atoms with E-state index in [0.717, 1.165) is 11.4 Å². The zero-order valence-electron chi connectivity index (χ0n) is 28.2. The van der Waals surface area contributed by atoms with Crippen LogP contribution in [0.15, 0.2) is 47.0 Å². The van der Waals surface area contributed by atoms with E-state index in [-0.39, 0.29) is 35.9 Å².